The Labute approximate surface area is 266 Å². The van der Waals surface area contributed by atoms with Crippen LogP contribution in [0.25, 0.3) is 5.76 Å². The molecule has 0 aliphatic carbocycles. The first-order valence-corrected chi connectivity index (χ1v) is 15.5. The predicted octanol–water partition coefficient (Wildman–Crippen LogP) is 6.58. The number of ether oxygens (including phenoxy) is 2. The van der Waals surface area contributed by atoms with Crippen molar-refractivity contribution in [1.29, 1.82) is 0 Å². The number of benzene rings is 3. The molecule has 9 nitrogen and oxygen atoms in total. The van der Waals surface area contributed by atoms with Crippen LogP contribution >= 0.6 is 23.1 Å². The van der Waals surface area contributed by atoms with Crippen molar-refractivity contribution < 1.29 is 28.6 Å². The lowest BCUT2D eigenvalue weighted by atomic mass is 9.95. The van der Waals surface area contributed by atoms with Crippen LogP contribution in [0.5, 0.6) is 11.5 Å². The smallest absolute Gasteiger partial charge is 0.301 e. The summed E-state index contributed by atoms with van der Waals surface area (Å²) in [5.74, 6) is -1.05. The zero-order valence-corrected chi connectivity index (χ0v) is 25.4. The maximum Gasteiger partial charge on any atom is 0.301 e. The van der Waals surface area contributed by atoms with Crippen LogP contribution in [0.1, 0.15) is 28.3 Å². The van der Waals surface area contributed by atoms with Gasteiger partial charge in [0.1, 0.15) is 18.2 Å². The highest BCUT2D eigenvalue weighted by Gasteiger charge is 2.48. The fourth-order valence-corrected chi connectivity index (χ4v) is 6.63. The highest BCUT2D eigenvalue weighted by molar-refractivity contribution is 8.00. The molecule has 1 saturated heterocycles. The summed E-state index contributed by atoms with van der Waals surface area (Å²) in [6.45, 7) is 0.306. The van der Waals surface area contributed by atoms with E-state index in [1.807, 2.05) is 30.3 Å². The average molecular weight is 641 g/mol. The number of carbonyl (C=O) groups excluding carboxylic acids is 2. The van der Waals surface area contributed by atoms with Gasteiger partial charge in [0.05, 0.1) is 18.7 Å². The average Bonchev–Trinajstić information content (AvgIpc) is 3.65. The zero-order chi connectivity index (χ0) is 31.3. The predicted molar refractivity (Wildman–Crippen MR) is 169 cm³/mol. The van der Waals surface area contributed by atoms with Crippen LogP contribution in [0.15, 0.2) is 107 Å². The number of pyridine rings is 1. The minimum Gasteiger partial charge on any atom is -0.507 e. The molecule has 1 fully saturated rings. The molecular weight excluding hydrogens is 616 g/mol. The number of amides is 1. The van der Waals surface area contributed by atoms with E-state index in [2.05, 4.69) is 15.2 Å². The molecule has 3 heterocycles. The number of carbonyl (C=O) groups is 2. The minimum absolute atomic E-state index is 0.109. The Morgan fingerprint density at radius 2 is 1.71 bits per heavy atom. The third-order valence-electron chi connectivity index (χ3n) is 7.02. The lowest BCUT2D eigenvalue weighted by Crippen LogP contribution is -2.29. The Morgan fingerprint density at radius 1 is 0.956 bits per heavy atom. The van der Waals surface area contributed by atoms with Gasteiger partial charge in [-0.25, -0.2) is 4.39 Å². The Morgan fingerprint density at radius 3 is 2.44 bits per heavy atom. The first-order chi connectivity index (χ1) is 21.9. The molecule has 0 saturated carbocycles. The third-order valence-corrected chi connectivity index (χ3v) is 9.14. The fourth-order valence-electron chi connectivity index (χ4n) is 4.80. The largest absolute Gasteiger partial charge is 0.507 e. The van der Waals surface area contributed by atoms with Gasteiger partial charge in [-0.15, -0.1) is 10.2 Å². The summed E-state index contributed by atoms with van der Waals surface area (Å²) in [7, 11) is 1.50. The van der Waals surface area contributed by atoms with Crippen LogP contribution in [-0.4, -0.2) is 39.1 Å². The molecular formula is C33H25FN4O5S2. The molecule has 1 amide bonds. The normalized spacial score (nSPS) is 15.8. The number of methoxy groups -OCH3 is 1. The lowest BCUT2D eigenvalue weighted by Gasteiger charge is -2.23. The summed E-state index contributed by atoms with van der Waals surface area (Å²) in [6.07, 6.45) is 2.97. The molecule has 3 aromatic carbocycles. The molecule has 1 unspecified atom stereocenters. The Balaban J connectivity index is 1.36. The monoisotopic (exact) mass is 640 g/mol. The molecule has 1 aliphatic rings. The van der Waals surface area contributed by atoms with E-state index in [0.29, 0.717) is 39.3 Å². The molecule has 2 aromatic heterocycles. The van der Waals surface area contributed by atoms with Gasteiger partial charge >= 0.3 is 5.91 Å². The van der Waals surface area contributed by atoms with E-state index in [-0.39, 0.29) is 22.3 Å². The van der Waals surface area contributed by atoms with Gasteiger partial charge in [0.2, 0.25) is 5.13 Å². The maximum atomic E-state index is 13.6. The van der Waals surface area contributed by atoms with Gasteiger partial charge in [0, 0.05) is 23.7 Å². The van der Waals surface area contributed by atoms with Gasteiger partial charge in [-0.05, 0) is 53.1 Å². The molecule has 1 atom stereocenters. The molecule has 5 aromatic rings. The number of aliphatic hydroxyl groups is 1. The number of Topliss-reactive ketones (excluding diaryl/α,β-unsaturated/α-hetero) is 1. The number of anilines is 1. The molecule has 0 spiro atoms. The first kappa shape index (κ1) is 30.0. The van der Waals surface area contributed by atoms with Crippen molar-refractivity contribution >= 4 is 45.7 Å². The number of rotatable bonds is 10. The van der Waals surface area contributed by atoms with Crippen molar-refractivity contribution in [2.24, 2.45) is 0 Å². The van der Waals surface area contributed by atoms with Crippen LogP contribution in [0.3, 0.4) is 0 Å². The second kappa shape index (κ2) is 13.3. The molecule has 0 bridgehead atoms. The van der Waals surface area contributed by atoms with Crippen LogP contribution < -0.4 is 14.4 Å². The van der Waals surface area contributed by atoms with Crippen LogP contribution in [0, 0.1) is 5.82 Å². The molecule has 6 rings (SSSR count). The van der Waals surface area contributed by atoms with E-state index in [1.54, 1.807) is 42.5 Å². The van der Waals surface area contributed by atoms with Crippen molar-refractivity contribution in [1.82, 2.24) is 15.2 Å². The van der Waals surface area contributed by atoms with Gasteiger partial charge in [0.15, 0.2) is 15.8 Å². The number of nitrogens with zero attached hydrogens (tertiary/aromatic N) is 4. The standard InChI is InChI=1S/C33H25FN4O5S2/c1-42-26-17-23(9-12-25(26)43-18-20-5-3-2-4-6-20)28-27(29(39)22-13-15-35-16-14-22)30(40)31(41)38(28)32-36-37-33(45-32)44-19-21-7-10-24(34)11-8-21/h2-17,28,39H,18-19H2,1H3/b29-27+. The number of hydrogen-bond acceptors (Lipinski definition) is 10. The summed E-state index contributed by atoms with van der Waals surface area (Å²) in [4.78, 5) is 32.4. The Kier molecular flexibility index (Phi) is 8.85. The molecule has 226 valence electrons. The van der Waals surface area contributed by atoms with Gasteiger partial charge in [-0.3, -0.25) is 19.5 Å². The van der Waals surface area contributed by atoms with Crippen molar-refractivity contribution in [2.45, 2.75) is 22.7 Å². The third kappa shape index (κ3) is 6.42. The van der Waals surface area contributed by atoms with Crippen molar-refractivity contribution in [3.63, 3.8) is 0 Å². The quantitative estimate of drug-likeness (QED) is 0.0595. The number of hydrogen-bond donors (Lipinski definition) is 1. The van der Waals surface area contributed by atoms with E-state index in [1.165, 1.54) is 48.3 Å². The Bertz CT molecular complexity index is 1870. The van der Waals surface area contributed by atoms with Gasteiger partial charge in [-0.2, -0.15) is 0 Å². The SMILES string of the molecule is COc1cc(C2/C(=C(\O)c3ccncc3)C(=O)C(=O)N2c2nnc(SCc3ccc(F)cc3)s2)ccc1OCc1ccccc1. The van der Waals surface area contributed by atoms with Crippen molar-refractivity contribution in [2.75, 3.05) is 12.0 Å². The van der Waals surface area contributed by atoms with E-state index in [4.69, 9.17) is 9.47 Å². The number of ketones is 1. The summed E-state index contributed by atoms with van der Waals surface area (Å²) >= 11 is 2.50. The van der Waals surface area contributed by atoms with Crippen LogP contribution in [0.2, 0.25) is 0 Å². The van der Waals surface area contributed by atoms with Gasteiger partial charge in [0.25, 0.3) is 5.78 Å². The van der Waals surface area contributed by atoms with Crippen LogP contribution in [-0.2, 0) is 21.9 Å². The topological polar surface area (TPSA) is 115 Å². The summed E-state index contributed by atoms with van der Waals surface area (Å²) < 4.78 is 25.5. The van der Waals surface area contributed by atoms with E-state index >= 15 is 0 Å². The number of halogens is 1. The molecule has 1 N–H and O–H groups in total. The van der Waals surface area contributed by atoms with E-state index in [9.17, 15) is 19.1 Å². The molecule has 0 radical (unpaired) electrons. The number of thioether (sulfide) groups is 1. The summed E-state index contributed by atoms with van der Waals surface area (Å²) in [5, 5.41) is 20.0. The number of aliphatic hydroxyl groups excluding tert-OH is 1. The molecule has 12 heteroatoms. The van der Waals surface area contributed by atoms with Gasteiger partial charge < -0.3 is 14.6 Å². The highest BCUT2D eigenvalue weighted by atomic mass is 32.2. The van der Waals surface area contributed by atoms with Crippen LogP contribution in [0.4, 0.5) is 9.52 Å². The highest BCUT2D eigenvalue weighted by Crippen LogP contribution is 2.45. The Hall–Kier alpha value is -5.07. The van der Waals surface area contributed by atoms with Gasteiger partial charge in [-0.1, -0.05) is 71.6 Å². The summed E-state index contributed by atoms with van der Waals surface area (Å²) in [6, 6.07) is 23.0. The van der Waals surface area contributed by atoms with Crippen molar-refractivity contribution in [3.05, 3.63) is 131 Å². The van der Waals surface area contributed by atoms with E-state index < -0.39 is 17.7 Å². The van der Waals surface area contributed by atoms with Crippen molar-refractivity contribution in [3.8, 4) is 11.5 Å². The summed E-state index contributed by atoms with van der Waals surface area (Å²) in [5.41, 5.74) is 2.57. The maximum absolute atomic E-state index is 13.6. The minimum atomic E-state index is -1.04. The van der Waals surface area contributed by atoms with E-state index in [0.717, 1.165) is 22.5 Å². The second-order valence-corrected chi connectivity index (χ2v) is 12.0. The molecule has 1 aliphatic heterocycles. The number of aromatic nitrogens is 3. The zero-order valence-electron chi connectivity index (χ0n) is 23.8. The molecule has 45 heavy (non-hydrogen) atoms. The second-order valence-electron chi connectivity index (χ2n) is 9.86. The fraction of sp³-hybridized carbons (Fsp3) is 0.121. The lowest BCUT2D eigenvalue weighted by molar-refractivity contribution is -0.132. The first-order valence-electron chi connectivity index (χ1n) is 13.7.